The second-order valence-electron chi connectivity index (χ2n) is 3.16. The fourth-order valence-corrected chi connectivity index (χ4v) is 1.49. The van der Waals surface area contributed by atoms with E-state index in [4.69, 9.17) is 5.11 Å². The highest BCUT2D eigenvalue weighted by Gasteiger charge is 2.23. The fraction of sp³-hybridized carbons (Fsp3) is 0.333. The van der Waals surface area contributed by atoms with Crippen molar-refractivity contribution < 1.29 is 14.7 Å². The van der Waals surface area contributed by atoms with Crippen LogP contribution in [0.25, 0.3) is 0 Å². The molecular weight excluding hydrogens is 311 g/mol. The van der Waals surface area contributed by atoms with Gasteiger partial charge in [0, 0.05) is 16.8 Å². The Labute approximate surface area is 101 Å². The number of nitrogens with one attached hydrogen (secondary N) is 1. The number of H-pyrrole nitrogens is 1. The number of hydrogen-bond acceptors (Lipinski definition) is 2. The van der Waals surface area contributed by atoms with Crippen LogP contribution in [0.2, 0.25) is 0 Å². The average molecular weight is 322 g/mol. The lowest BCUT2D eigenvalue weighted by atomic mass is 10.2. The van der Waals surface area contributed by atoms with Gasteiger partial charge in [0.15, 0.2) is 0 Å². The van der Waals surface area contributed by atoms with E-state index in [2.05, 4.69) is 27.6 Å². The highest BCUT2D eigenvalue weighted by atomic mass is 127. The second kappa shape index (κ2) is 4.65. The van der Waals surface area contributed by atoms with Crippen LogP contribution < -0.4 is 0 Å². The van der Waals surface area contributed by atoms with E-state index < -0.39 is 12.0 Å². The fourth-order valence-electron chi connectivity index (χ4n) is 1.02. The summed E-state index contributed by atoms with van der Waals surface area (Å²) >= 11 is 2.07. The molecule has 2 N–H and O–H groups in total. The van der Waals surface area contributed by atoms with Crippen LogP contribution in [0.4, 0.5) is 0 Å². The number of amides is 1. The van der Waals surface area contributed by atoms with Gasteiger partial charge >= 0.3 is 5.97 Å². The van der Waals surface area contributed by atoms with Crippen LogP contribution in [-0.2, 0) is 4.79 Å². The molecule has 0 aliphatic carbocycles. The summed E-state index contributed by atoms with van der Waals surface area (Å²) in [6.45, 7) is 1.47. The zero-order valence-corrected chi connectivity index (χ0v) is 10.5. The molecule has 0 saturated carbocycles. The van der Waals surface area contributed by atoms with Gasteiger partial charge in [-0.25, -0.2) is 4.79 Å². The Balaban J connectivity index is 2.81. The van der Waals surface area contributed by atoms with Crippen LogP contribution in [0.5, 0.6) is 0 Å². The number of carbonyl (C=O) groups is 2. The van der Waals surface area contributed by atoms with Crippen molar-refractivity contribution in [2.24, 2.45) is 0 Å². The number of hydrogen-bond donors (Lipinski definition) is 2. The third kappa shape index (κ3) is 2.71. The standard InChI is InChI=1S/C9H11IN2O3/c1-5(9(14)15)12(2)8(13)7-3-6(10)4-11-7/h3-5,11H,1-2H3,(H,14,15). The molecule has 1 atom stereocenters. The number of nitrogens with zero attached hydrogens (tertiary/aromatic N) is 1. The van der Waals surface area contributed by atoms with Gasteiger partial charge in [-0.1, -0.05) is 0 Å². The molecule has 1 aromatic rings. The van der Waals surface area contributed by atoms with Gasteiger partial charge in [-0.05, 0) is 35.6 Å². The Morgan fingerprint density at radius 2 is 2.20 bits per heavy atom. The topological polar surface area (TPSA) is 73.4 Å². The van der Waals surface area contributed by atoms with E-state index in [-0.39, 0.29) is 5.91 Å². The molecule has 6 heteroatoms. The number of carboxylic acid groups (broad SMARTS) is 1. The summed E-state index contributed by atoms with van der Waals surface area (Å²) in [6, 6.07) is 0.840. The van der Waals surface area contributed by atoms with Crippen LogP contribution in [0, 0.1) is 3.57 Å². The van der Waals surface area contributed by atoms with Crippen molar-refractivity contribution in [3.05, 3.63) is 21.5 Å². The van der Waals surface area contributed by atoms with Gasteiger partial charge in [-0.15, -0.1) is 0 Å². The quantitative estimate of drug-likeness (QED) is 0.821. The summed E-state index contributed by atoms with van der Waals surface area (Å²) in [5, 5.41) is 8.75. The maximum Gasteiger partial charge on any atom is 0.326 e. The third-order valence-electron chi connectivity index (χ3n) is 2.14. The van der Waals surface area contributed by atoms with Crippen LogP contribution in [-0.4, -0.2) is 40.0 Å². The van der Waals surface area contributed by atoms with Gasteiger partial charge in [0.2, 0.25) is 0 Å². The normalized spacial score (nSPS) is 12.2. The molecule has 1 heterocycles. The number of halogens is 1. The summed E-state index contributed by atoms with van der Waals surface area (Å²) in [6.07, 6.45) is 1.69. The molecule has 0 fully saturated rings. The van der Waals surface area contributed by atoms with Crippen LogP contribution in [0.15, 0.2) is 12.3 Å². The summed E-state index contributed by atoms with van der Waals surface area (Å²) in [7, 11) is 1.47. The number of carbonyl (C=O) groups excluding carboxylic acids is 1. The number of carboxylic acids is 1. The first kappa shape index (κ1) is 12.0. The molecule has 1 rings (SSSR count). The Hall–Kier alpha value is -1.05. The van der Waals surface area contributed by atoms with Gasteiger partial charge in [0.05, 0.1) is 0 Å². The molecule has 0 aliphatic rings. The Kier molecular flexibility index (Phi) is 3.72. The van der Waals surface area contributed by atoms with Crippen molar-refractivity contribution >= 4 is 34.5 Å². The van der Waals surface area contributed by atoms with Gasteiger partial charge in [-0.3, -0.25) is 4.79 Å². The monoisotopic (exact) mass is 322 g/mol. The van der Waals surface area contributed by atoms with Crippen molar-refractivity contribution in [2.75, 3.05) is 7.05 Å². The molecule has 1 aromatic heterocycles. The van der Waals surface area contributed by atoms with E-state index in [1.54, 1.807) is 12.3 Å². The van der Waals surface area contributed by atoms with Gasteiger partial charge in [0.25, 0.3) is 5.91 Å². The zero-order chi connectivity index (χ0) is 11.6. The van der Waals surface area contributed by atoms with E-state index in [0.717, 1.165) is 3.57 Å². The smallest absolute Gasteiger partial charge is 0.326 e. The minimum Gasteiger partial charge on any atom is -0.480 e. The highest BCUT2D eigenvalue weighted by molar-refractivity contribution is 14.1. The van der Waals surface area contributed by atoms with E-state index >= 15 is 0 Å². The molecule has 1 unspecified atom stereocenters. The molecule has 0 radical (unpaired) electrons. The first-order valence-electron chi connectivity index (χ1n) is 4.27. The van der Waals surface area contributed by atoms with E-state index in [9.17, 15) is 9.59 Å². The lowest BCUT2D eigenvalue weighted by molar-refractivity contribution is -0.141. The molecule has 0 spiro atoms. The van der Waals surface area contributed by atoms with Gasteiger partial charge < -0.3 is 15.0 Å². The van der Waals surface area contributed by atoms with Crippen molar-refractivity contribution in [1.82, 2.24) is 9.88 Å². The number of aliphatic carboxylic acids is 1. The number of aromatic nitrogens is 1. The Morgan fingerprint density at radius 1 is 1.60 bits per heavy atom. The predicted molar refractivity (Wildman–Crippen MR) is 62.7 cm³/mol. The van der Waals surface area contributed by atoms with E-state index in [1.807, 2.05) is 0 Å². The maximum atomic E-state index is 11.7. The summed E-state index contributed by atoms with van der Waals surface area (Å²) < 4.78 is 0.910. The van der Waals surface area contributed by atoms with E-state index in [1.165, 1.54) is 18.9 Å². The molecule has 82 valence electrons. The molecule has 0 aliphatic heterocycles. The van der Waals surface area contributed by atoms with Crippen molar-refractivity contribution in [1.29, 1.82) is 0 Å². The zero-order valence-electron chi connectivity index (χ0n) is 8.32. The maximum absolute atomic E-state index is 11.7. The Bertz CT molecular complexity index is 388. The molecule has 5 nitrogen and oxygen atoms in total. The first-order chi connectivity index (χ1) is 6.93. The minimum atomic E-state index is -1.02. The third-order valence-corrected chi connectivity index (χ3v) is 2.76. The molecule has 0 aromatic carbocycles. The van der Waals surface area contributed by atoms with Gasteiger partial charge in [-0.2, -0.15) is 0 Å². The predicted octanol–water partition coefficient (Wildman–Crippen LogP) is 1.16. The largest absolute Gasteiger partial charge is 0.480 e. The van der Waals surface area contributed by atoms with Crippen molar-refractivity contribution in [3.63, 3.8) is 0 Å². The van der Waals surface area contributed by atoms with Crippen LogP contribution in [0.3, 0.4) is 0 Å². The molecule has 1 amide bonds. The van der Waals surface area contributed by atoms with Crippen molar-refractivity contribution in [3.8, 4) is 0 Å². The number of aromatic amines is 1. The van der Waals surface area contributed by atoms with Crippen molar-refractivity contribution in [2.45, 2.75) is 13.0 Å². The molecule has 15 heavy (non-hydrogen) atoms. The Morgan fingerprint density at radius 3 is 2.60 bits per heavy atom. The average Bonchev–Trinajstić information content (AvgIpc) is 2.61. The molecule has 0 saturated heterocycles. The lowest BCUT2D eigenvalue weighted by Gasteiger charge is -2.20. The summed E-state index contributed by atoms with van der Waals surface area (Å²) in [5.74, 6) is -1.35. The first-order valence-corrected chi connectivity index (χ1v) is 5.35. The molecule has 0 bridgehead atoms. The van der Waals surface area contributed by atoms with E-state index in [0.29, 0.717) is 5.69 Å². The summed E-state index contributed by atoms with van der Waals surface area (Å²) in [5.41, 5.74) is 0.398. The minimum absolute atomic E-state index is 0.326. The summed E-state index contributed by atoms with van der Waals surface area (Å²) in [4.78, 5) is 26.4. The lowest BCUT2D eigenvalue weighted by Crippen LogP contribution is -2.40. The highest BCUT2D eigenvalue weighted by Crippen LogP contribution is 2.09. The van der Waals surface area contributed by atoms with Gasteiger partial charge in [0.1, 0.15) is 11.7 Å². The number of rotatable bonds is 3. The molecular formula is C9H11IN2O3. The SMILES string of the molecule is CC(C(=O)O)N(C)C(=O)c1cc(I)c[nH]1. The van der Waals surface area contributed by atoms with Crippen LogP contribution in [0.1, 0.15) is 17.4 Å². The second-order valence-corrected chi connectivity index (χ2v) is 4.41. The van der Waals surface area contributed by atoms with Crippen LogP contribution >= 0.6 is 22.6 Å². The number of likely N-dealkylation sites (N-methyl/N-ethyl adjacent to an activating group) is 1.